The van der Waals surface area contributed by atoms with E-state index in [1.54, 1.807) is 25.3 Å². The number of halogens is 2. The fourth-order valence-electron chi connectivity index (χ4n) is 3.49. The third-order valence-corrected chi connectivity index (χ3v) is 5.06. The number of carbonyl (C=O) groups is 1. The Kier molecular flexibility index (Phi) is 5.96. The number of carbonyl (C=O) groups excluding carboxylic acids is 1. The summed E-state index contributed by atoms with van der Waals surface area (Å²) >= 11 is 5.79. The van der Waals surface area contributed by atoms with Crippen molar-refractivity contribution in [3.05, 3.63) is 58.3 Å². The first-order valence-electron chi connectivity index (χ1n) is 8.50. The van der Waals surface area contributed by atoms with Crippen molar-refractivity contribution < 1.29 is 18.3 Å². The van der Waals surface area contributed by atoms with Gasteiger partial charge in [-0.1, -0.05) is 17.7 Å². The van der Waals surface area contributed by atoms with Gasteiger partial charge >= 0.3 is 0 Å². The average Bonchev–Trinajstić information content (AvgIpc) is 3.22. The summed E-state index contributed by atoms with van der Waals surface area (Å²) in [5, 5.41) is 3.04. The fourth-order valence-corrected chi connectivity index (χ4v) is 3.61. The van der Waals surface area contributed by atoms with E-state index in [1.807, 2.05) is 13.1 Å². The minimum Gasteiger partial charge on any atom is -0.453 e. The maximum Gasteiger partial charge on any atom is 0.287 e. The highest BCUT2D eigenvalue weighted by atomic mass is 35.5. The number of hydrogen-bond donors (Lipinski definition) is 1. The Bertz CT molecular complexity index is 780. The Morgan fingerprint density at radius 1 is 1.42 bits per heavy atom. The summed E-state index contributed by atoms with van der Waals surface area (Å²) in [6.45, 7) is 1.69. The van der Waals surface area contributed by atoms with E-state index < -0.39 is 5.82 Å². The molecule has 0 saturated carbocycles. The lowest BCUT2D eigenvalue weighted by Crippen LogP contribution is -2.32. The van der Waals surface area contributed by atoms with Gasteiger partial charge in [-0.2, -0.15) is 0 Å². The van der Waals surface area contributed by atoms with Gasteiger partial charge in [-0.15, -0.1) is 0 Å². The zero-order chi connectivity index (χ0) is 18.7. The summed E-state index contributed by atoms with van der Waals surface area (Å²) in [5.74, 6) is 0.361. The lowest BCUT2D eigenvalue weighted by molar-refractivity contribution is 0.0907. The number of methoxy groups -OCH3 is 1. The number of furan rings is 1. The van der Waals surface area contributed by atoms with Gasteiger partial charge < -0.3 is 14.5 Å². The summed E-state index contributed by atoms with van der Waals surface area (Å²) in [7, 11) is 3.57. The van der Waals surface area contributed by atoms with Crippen LogP contribution >= 0.6 is 11.6 Å². The van der Waals surface area contributed by atoms with Gasteiger partial charge in [0.05, 0.1) is 5.02 Å². The first kappa shape index (κ1) is 18.9. The zero-order valence-electron chi connectivity index (χ0n) is 14.8. The van der Waals surface area contributed by atoms with E-state index in [4.69, 9.17) is 20.8 Å². The highest BCUT2D eigenvalue weighted by Crippen LogP contribution is 2.36. The van der Waals surface area contributed by atoms with Crippen LogP contribution in [-0.2, 0) is 11.3 Å². The number of nitrogens with zero attached hydrogens (tertiary/aromatic N) is 1. The molecule has 1 aromatic carbocycles. The van der Waals surface area contributed by atoms with Crippen LogP contribution < -0.4 is 5.32 Å². The van der Waals surface area contributed by atoms with Crippen LogP contribution in [0.15, 0.2) is 34.7 Å². The number of hydrogen-bond acceptors (Lipinski definition) is 4. The highest BCUT2D eigenvalue weighted by Gasteiger charge is 2.33. The molecular weight excluding hydrogens is 359 g/mol. The molecule has 2 heterocycles. The van der Waals surface area contributed by atoms with Crippen molar-refractivity contribution >= 4 is 17.5 Å². The number of nitrogens with one attached hydrogen (secondary N) is 1. The molecule has 0 spiro atoms. The summed E-state index contributed by atoms with van der Waals surface area (Å²) in [4.78, 5) is 14.5. The third-order valence-electron chi connectivity index (χ3n) is 4.76. The Morgan fingerprint density at radius 3 is 2.96 bits per heavy atom. The fraction of sp³-hybridized carbons (Fsp3) is 0.421. The molecule has 1 aromatic heterocycles. The van der Waals surface area contributed by atoms with Crippen molar-refractivity contribution in [2.75, 3.05) is 27.2 Å². The lowest BCUT2D eigenvalue weighted by atomic mass is 9.93. The van der Waals surface area contributed by atoms with Crippen molar-refractivity contribution in [2.45, 2.75) is 19.1 Å². The standard InChI is InChI=1S/C19H22ClFN2O3/c1-23-8-7-13(18(23)12-3-5-15(20)16(21)9-12)10-22-19(24)17-6-4-14(26-17)11-25-2/h3-6,9,13,18H,7-8,10-11H2,1-2H3,(H,22,24). The Labute approximate surface area is 157 Å². The Morgan fingerprint density at radius 2 is 2.23 bits per heavy atom. The molecule has 26 heavy (non-hydrogen) atoms. The smallest absolute Gasteiger partial charge is 0.287 e. The second-order valence-electron chi connectivity index (χ2n) is 6.56. The normalized spacial score (nSPS) is 20.5. The molecule has 3 rings (SSSR count). The number of benzene rings is 1. The molecule has 1 N–H and O–H groups in total. The SMILES string of the molecule is COCc1ccc(C(=O)NCC2CCN(C)C2c2ccc(Cl)c(F)c2)o1. The van der Waals surface area contributed by atoms with Crippen LogP contribution in [0.4, 0.5) is 4.39 Å². The largest absolute Gasteiger partial charge is 0.453 e. The molecule has 1 saturated heterocycles. The molecule has 0 bridgehead atoms. The topological polar surface area (TPSA) is 54.7 Å². The van der Waals surface area contributed by atoms with Crippen LogP contribution in [0, 0.1) is 11.7 Å². The predicted molar refractivity (Wildman–Crippen MR) is 96.6 cm³/mol. The maximum atomic E-state index is 13.8. The second-order valence-corrected chi connectivity index (χ2v) is 6.96. The monoisotopic (exact) mass is 380 g/mol. The molecule has 1 amide bonds. The number of rotatable bonds is 6. The van der Waals surface area contributed by atoms with Crippen LogP contribution in [-0.4, -0.2) is 38.1 Å². The van der Waals surface area contributed by atoms with E-state index in [2.05, 4.69) is 10.2 Å². The van der Waals surface area contributed by atoms with Crippen molar-refractivity contribution in [1.82, 2.24) is 10.2 Å². The van der Waals surface area contributed by atoms with E-state index in [0.717, 1.165) is 18.5 Å². The van der Waals surface area contributed by atoms with Gasteiger partial charge in [-0.3, -0.25) is 9.69 Å². The maximum absolute atomic E-state index is 13.8. The first-order chi connectivity index (χ1) is 12.5. The van der Waals surface area contributed by atoms with Gasteiger partial charge in [0.1, 0.15) is 18.2 Å². The van der Waals surface area contributed by atoms with E-state index >= 15 is 0 Å². The van der Waals surface area contributed by atoms with E-state index in [-0.39, 0.29) is 28.6 Å². The lowest BCUT2D eigenvalue weighted by Gasteiger charge is -2.26. The van der Waals surface area contributed by atoms with Gasteiger partial charge in [0.15, 0.2) is 5.76 Å². The quantitative estimate of drug-likeness (QED) is 0.831. The summed E-state index contributed by atoms with van der Waals surface area (Å²) in [6.07, 6.45) is 0.915. The predicted octanol–water partition coefficient (Wildman–Crippen LogP) is 3.64. The first-order valence-corrected chi connectivity index (χ1v) is 8.88. The second kappa shape index (κ2) is 8.20. The van der Waals surface area contributed by atoms with Crippen LogP contribution in [0.5, 0.6) is 0 Å². The van der Waals surface area contributed by atoms with Gasteiger partial charge in [-0.25, -0.2) is 4.39 Å². The van der Waals surface area contributed by atoms with Crippen LogP contribution in [0.3, 0.4) is 0 Å². The molecule has 7 heteroatoms. The number of amides is 1. The molecule has 5 nitrogen and oxygen atoms in total. The molecule has 2 atom stereocenters. The van der Waals surface area contributed by atoms with E-state index in [1.165, 1.54) is 6.07 Å². The van der Waals surface area contributed by atoms with Crippen molar-refractivity contribution in [2.24, 2.45) is 5.92 Å². The zero-order valence-corrected chi connectivity index (χ0v) is 15.6. The summed E-state index contributed by atoms with van der Waals surface area (Å²) in [6, 6.07) is 8.29. The minimum atomic E-state index is -0.423. The van der Waals surface area contributed by atoms with Crippen LogP contribution in [0.25, 0.3) is 0 Å². The van der Waals surface area contributed by atoms with Gasteiger partial charge in [0.25, 0.3) is 5.91 Å². The summed E-state index contributed by atoms with van der Waals surface area (Å²) < 4.78 is 24.3. The van der Waals surface area contributed by atoms with Crippen molar-refractivity contribution in [3.8, 4) is 0 Å². The average molecular weight is 381 g/mol. The molecule has 2 aromatic rings. The molecule has 140 valence electrons. The number of likely N-dealkylation sites (tertiary alicyclic amines) is 1. The molecular formula is C19H22ClFN2O3. The van der Waals surface area contributed by atoms with Crippen molar-refractivity contribution in [3.63, 3.8) is 0 Å². The van der Waals surface area contributed by atoms with Crippen LogP contribution in [0.1, 0.15) is 34.3 Å². The van der Waals surface area contributed by atoms with E-state index in [9.17, 15) is 9.18 Å². The van der Waals surface area contributed by atoms with E-state index in [0.29, 0.717) is 18.9 Å². The molecule has 2 unspecified atom stereocenters. The minimum absolute atomic E-state index is 0.0303. The Balaban J connectivity index is 1.65. The van der Waals surface area contributed by atoms with Gasteiger partial charge in [-0.05, 0) is 55.8 Å². The molecule has 1 aliphatic rings. The third kappa shape index (κ3) is 4.09. The molecule has 0 aliphatic carbocycles. The highest BCUT2D eigenvalue weighted by molar-refractivity contribution is 6.30. The Hall–Kier alpha value is -1.89. The van der Waals surface area contributed by atoms with Crippen LogP contribution in [0.2, 0.25) is 5.02 Å². The van der Waals surface area contributed by atoms with Crippen molar-refractivity contribution in [1.29, 1.82) is 0 Å². The molecule has 0 radical (unpaired) electrons. The summed E-state index contributed by atoms with van der Waals surface area (Å²) in [5.41, 5.74) is 0.867. The van der Waals surface area contributed by atoms with Gasteiger partial charge in [0, 0.05) is 19.7 Å². The van der Waals surface area contributed by atoms with Gasteiger partial charge in [0.2, 0.25) is 0 Å². The number of ether oxygens (including phenoxy) is 1. The molecule has 1 aliphatic heterocycles. The molecule has 1 fully saturated rings.